The minimum absolute atomic E-state index is 0.0100. The van der Waals surface area contributed by atoms with Gasteiger partial charge < -0.3 is 0 Å². The summed E-state index contributed by atoms with van der Waals surface area (Å²) in [4.78, 5) is 0. The maximum Gasteiger partial charge on any atom is 0.156 e. The molecule has 0 aromatic heterocycles. The Kier molecular flexibility index (Phi) is 10.7. The molecule has 0 radical (unpaired) electrons. The van der Waals surface area contributed by atoms with Gasteiger partial charge in [0.05, 0.1) is 0 Å². The molecule has 0 saturated carbocycles. The first-order chi connectivity index (χ1) is 18.0. The fourth-order valence-electron chi connectivity index (χ4n) is 7.92. The molecule has 42 heavy (non-hydrogen) atoms. The Balaban J connectivity index is 2.76. The molecule has 0 aromatic rings. The van der Waals surface area contributed by atoms with Crippen LogP contribution in [0.1, 0.15) is 166 Å². The van der Waals surface area contributed by atoms with Crippen molar-refractivity contribution in [2.24, 2.45) is 0 Å². The third-order valence-corrected chi connectivity index (χ3v) is 200. The molecular weight excluding hydrogens is 688 g/mol. The van der Waals surface area contributed by atoms with E-state index in [2.05, 4.69) is 166 Å². The summed E-state index contributed by atoms with van der Waals surface area (Å²) in [5, 5.41) is 3.98. The molecule has 3 saturated heterocycles. The van der Waals surface area contributed by atoms with E-state index in [4.69, 9.17) is 0 Å². The minimum atomic E-state index is -1.68. The molecule has 0 amide bonds. The van der Waals surface area contributed by atoms with E-state index in [9.17, 15) is 0 Å². The van der Waals surface area contributed by atoms with Crippen LogP contribution in [0.15, 0.2) is 0 Å². The summed E-state index contributed by atoms with van der Waals surface area (Å²) in [6.07, 6.45) is 0. The Labute approximate surface area is 276 Å². The number of hydrogen-bond acceptors (Lipinski definition) is 0. The largest absolute Gasteiger partial charge is 0.156 e. The second-order valence-electron chi connectivity index (χ2n) is 21.1. The highest BCUT2D eigenvalue weighted by molar-refractivity contribution is 9.26. The van der Waals surface area contributed by atoms with E-state index in [0.717, 1.165) is 0 Å². The van der Waals surface area contributed by atoms with Gasteiger partial charge in [-0.3, -0.25) is 0 Å². The summed E-state index contributed by atoms with van der Waals surface area (Å²) >= 11 is 0. The van der Waals surface area contributed by atoms with Crippen LogP contribution in [0.4, 0.5) is 0 Å². The van der Waals surface area contributed by atoms with Crippen LogP contribution < -0.4 is 0 Å². The molecule has 2 spiro atoms. The van der Waals surface area contributed by atoms with Gasteiger partial charge >= 0.3 is 0 Å². The Morgan fingerprint density at radius 1 is 0.214 bits per heavy atom. The lowest BCUT2D eigenvalue weighted by Gasteiger charge is -2.74. The molecule has 0 nitrogen and oxygen atoms in total. The van der Waals surface area contributed by atoms with Crippen molar-refractivity contribution in [1.29, 1.82) is 0 Å². The second-order valence-corrected chi connectivity index (χ2v) is 98.5. The normalized spacial score (nSPS) is 40.6. The summed E-state index contributed by atoms with van der Waals surface area (Å²) in [5.74, 6) is 0. The van der Waals surface area contributed by atoms with Gasteiger partial charge in [0, 0.05) is 0 Å². The van der Waals surface area contributed by atoms with Gasteiger partial charge in [0.1, 0.15) is 0 Å². The van der Waals surface area contributed by atoms with Crippen molar-refractivity contribution in [2.45, 2.75) is 207 Å². The van der Waals surface area contributed by atoms with Crippen LogP contribution in [0.3, 0.4) is 0 Å². The molecule has 8 unspecified atom stereocenters. The Morgan fingerprint density at radius 3 is 0.476 bits per heavy atom. The van der Waals surface area contributed by atoms with Gasteiger partial charge in [0.25, 0.3) is 0 Å². The van der Waals surface area contributed by atoms with Gasteiger partial charge in [0.2, 0.25) is 0 Å². The van der Waals surface area contributed by atoms with Crippen LogP contribution in [0, 0.1) is 0 Å². The fourth-order valence-corrected chi connectivity index (χ4v) is 417. The lowest BCUT2D eigenvalue weighted by molar-refractivity contribution is 0.775. The SMILES string of the molecule is CC(C)(C)P1P(C(C)(C)C)P(C(C)(C)C)[Si]2(P1C(C)(C)C)P(C(C)(C)C)P(C(C)(C)C)[Si]21P(C(C)(C)C)P1C(C)(C)C. The first-order valence-corrected chi connectivity index (χ1v) is 40.7. The number of fused-ring (bicyclic) bond motifs is 1. The second kappa shape index (κ2) is 11.2. The lowest BCUT2D eigenvalue weighted by atomic mass is 10.3. The smallest absolute Gasteiger partial charge is 0.0813 e. The van der Waals surface area contributed by atoms with Gasteiger partial charge in [-0.1, -0.05) is 209 Å². The van der Waals surface area contributed by atoms with Crippen molar-refractivity contribution in [2.75, 3.05) is 0 Å². The summed E-state index contributed by atoms with van der Waals surface area (Å²) in [6, 6.07) is 0. The van der Waals surface area contributed by atoms with Gasteiger partial charge in [0.15, 0.2) is 13.2 Å². The van der Waals surface area contributed by atoms with Crippen LogP contribution in [-0.4, -0.2) is 54.4 Å². The standard InChI is InChI=1S/C32H72P8Si2/c1-25(2,3)33-34(26(4,5)6)36(28(10,11)12)41(35(33)27(7,8)9)37(29(13,14)15)38(30(16,17)18)42(41)39(31(19,20)21)40(42)32(22,23)24/h1-24H3. The van der Waals surface area contributed by atoms with E-state index in [1.54, 1.807) is 0 Å². The summed E-state index contributed by atoms with van der Waals surface area (Å²) in [7, 11) is 0.662. The summed E-state index contributed by atoms with van der Waals surface area (Å²) < 4.78 is 0. The van der Waals surface area contributed by atoms with E-state index < -0.39 is 13.2 Å². The van der Waals surface area contributed by atoms with Gasteiger partial charge in [-0.2, -0.15) is 0 Å². The first kappa shape index (κ1) is 40.3. The Morgan fingerprint density at radius 2 is 0.357 bits per heavy atom. The average Bonchev–Trinajstić information content (AvgIpc) is 3.23. The molecule has 3 aliphatic rings. The van der Waals surface area contributed by atoms with E-state index in [1.807, 2.05) is 0 Å². The number of hydrogen-bond donors (Lipinski definition) is 0. The molecular formula is C32H72P8Si2. The first-order valence-electron chi connectivity index (χ1n) is 16.4. The quantitative estimate of drug-likeness (QED) is 0.170. The van der Waals surface area contributed by atoms with E-state index >= 15 is 0 Å². The van der Waals surface area contributed by atoms with E-state index in [1.165, 1.54) is 0 Å². The minimum Gasteiger partial charge on any atom is -0.0813 e. The topological polar surface area (TPSA) is 0 Å². The summed E-state index contributed by atoms with van der Waals surface area (Å²) in [6.45, 7) is 63.3. The monoisotopic (exact) mass is 760 g/mol. The average molecular weight is 761 g/mol. The highest BCUT2D eigenvalue weighted by Gasteiger charge is 2.99. The Bertz CT molecular complexity index is 976. The molecule has 0 N–H and O–H groups in total. The molecule has 0 bridgehead atoms. The van der Waals surface area contributed by atoms with E-state index in [0.29, 0.717) is 41.2 Å². The summed E-state index contributed by atoms with van der Waals surface area (Å²) in [5.41, 5.74) is 0. The molecule has 3 heterocycles. The van der Waals surface area contributed by atoms with Crippen molar-refractivity contribution in [3.8, 4) is 0 Å². The molecule has 3 rings (SSSR count). The van der Waals surface area contributed by atoms with Gasteiger partial charge in [-0.15, -0.1) is 0 Å². The molecule has 0 aliphatic carbocycles. The van der Waals surface area contributed by atoms with Gasteiger partial charge in [-0.05, 0) is 55.8 Å². The van der Waals surface area contributed by atoms with Gasteiger partial charge in [-0.25, -0.2) is 0 Å². The molecule has 3 fully saturated rings. The van der Waals surface area contributed by atoms with Crippen molar-refractivity contribution in [3.05, 3.63) is 0 Å². The molecule has 248 valence electrons. The van der Waals surface area contributed by atoms with Crippen LogP contribution in [0.25, 0.3) is 0 Å². The molecule has 0 aromatic carbocycles. The molecule has 10 heteroatoms. The maximum atomic E-state index is 2.81. The van der Waals surface area contributed by atoms with Crippen molar-refractivity contribution >= 4 is 70.7 Å². The van der Waals surface area contributed by atoms with Crippen LogP contribution in [0.2, 0.25) is 0 Å². The lowest BCUT2D eigenvalue weighted by Crippen LogP contribution is -2.63. The zero-order chi connectivity index (χ0) is 33.6. The zero-order valence-electron chi connectivity index (χ0n) is 32.6. The molecule has 3 aliphatic heterocycles. The van der Waals surface area contributed by atoms with Crippen molar-refractivity contribution < 1.29 is 0 Å². The van der Waals surface area contributed by atoms with E-state index in [-0.39, 0.29) is 57.5 Å². The third kappa shape index (κ3) is 6.11. The third-order valence-electron chi connectivity index (χ3n) is 8.15. The Hall–Kier alpha value is 3.87. The highest BCUT2D eigenvalue weighted by atomic mass is 32.9. The maximum absolute atomic E-state index is 2.81. The van der Waals surface area contributed by atoms with Crippen molar-refractivity contribution in [3.63, 3.8) is 0 Å². The van der Waals surface area contributed by atoms with Crippen LogP contribution in [0.5, 0.6) is 0 Å². The molecule has 8 atom stereocenters. The predicted molar refractivity (Wildman–Crippen MR) is 225 cm³/mol. The van der Waals surface area contributed by atoms with Crippen LogP contribution >= 0.6 is 57.5 Å². The highest BCUT2D eigenvalue weighted by Crippen LogP contribution is 3.35. The zero-order valence-corrected chi connectivity index (χ0v) is 41.7. The fraction of sp³-hybridized carbons (Fsp3) is 1.00. The van der Waals surface area contributed by atoms with Crippen LogP contribution in [-0.2, 0) is 0 Å². The predicted octanol–water partition coefficient (Wildman–Crippen LogP) is 16.8. The number of rotatable bonds is 0. The van der Waals surface area contributed by atoms with Crippen molar-refractivity contribution in [1.82, 2.24) is 0 Å².